The third-order valence-corrected chi connectivity index (χ3v) is 3.17. The summed E-state index contributed by atoms with van der Waals surface area (Å²) in [6, 6.07) is 9.47. The van der Waals surface area contributed by atoms with Crippen LogP contribution in [-0.2, 0) is 0 Å². The van der Waals surface area contributed by atoms with E-state index in [9.17, 15) is 4.79 Å². The summed E-state index contributed by atoms with van der Waals surface area (Å²) in [4.78, 5) is 11.8. The minimum atomic E-state index is 0.110. The van der Waals surface area contributed by atoms with Gasteiger partial charge in [0, 0.05) is 34.3 Å². The summed E-state index contributed by atoms with van der Waals surface area (Å²) < 4.78 is 0. The predicted octanol–water partition coefficient (Wildman–Crippen LogP) is 2.31. The second kappa shape index (κ2) is 3.35. The van der Waals surface area contributed by atoms with E-state index in [4.69, 9.17) is 11.5 Å². The molecular formula is C14H12N2O. The number of fused-ring (bicyclic) bond motifs is 2. The second-order valence-electron chi connectivity index (χ2n) is 4.25. The zero-order valence-corrected chi connectivity index (χ0v) is 9.23. The molecule has 0 radical (unpaired) electrons. The first-order valence-corrected chi connectivity index (χ1v) is 5.48. The van der Waals surface area contributed by atoms with E-state index in [0.29, 0.717) is 23.4 Å². The van der Waals surface area contributed by atoms with Gasteiger partial charge in [0.05, 0.1) is 0 Å². The van der Waals surface area contributed by atoms with Crippen molar-refractivity contribution in [2.75, 3.05) is 5.73 Å². The first-order valence-electron chi connectivity index (χ1n) is 5.48. The lowest BCUT2D eigenvalue weighted by molar-refractivity contribution is 0.0994. The van der Waals surface area contributed by atoms with Crippen molar-refractivity contribution in [3.63, 3.8) is 0 Å². The average molecular weight is 224 g/mol. The van der Waals surface area contributed by atoms with Gasteiger partial charge in [-0.1, -0.05) is 18.2 Å². The number of rotatable bonds is 0. The van der Waals surface area contributed by atoms with E-state index in [1.807, 2.05) is 30.3 Å². The van der Waals surface area contributed by atoms with Crippen molar-refractivity contribution in [1.82, 2.24) is 0 Å². The number of hydrogen-bond donors (Lipinski definition) is 2. The van der Waals surface area contributed by atoms with Crippen LogP contribution < -0.4 is 11.5 Å². The highest BCUT2D eigenvalue weighted by Gasteiger charge is 2.18. The van der Waals surface area contributed by atoms with Crippen molar-refractivity contribution in [1.29, 1.82) is 0 Å². The van der Waals surface area contributed by atoms with Crippen molar-refractivity contribution in [2.45, 2.75) is 6.42 Å². The largest absolute Gasteiger partial charge is 0.398 e. The molecule has 84 valence electrons. The summed E-state index contributed by atoms with van der Waals surface area (Å²) in [5.74, 6) is 0.110. The number of nitrogens with two attached hydrogens (primary N) is 2. The lowest BCUT2D eigenvalue weighted by Crippen LogP contribution is -2.12. The Bertz CT molecular complexity index is 671. The third kappa shape index (κ3) is 1.40. The van der Waals surface area contributed by atoms with Crippen LogP contribution in [0.5, 0.6) is 0 Å². The molecule has 2 aromatic carbocycles. The van der Waals surface area contributed by atoms with Gasteiger partial charge in [0.15, 0.2) is 5.78 Å². The Labute approximate surface area is 98.7 Å². The average Bonchev–Trinajstić information content (AvgIpc) is 2.33. The third-order valence-electron chi connectivity index (χ3n) is 3.17. The molecule has 0 saturated heterocycles. The zero-order valence-electron chi connectivity index (χ0n) is 9.23. The van der Waals surface area contributed by atoms with Gasteiger partial charge in [0.2, 0.25) is 0 Å². The van der Waals surface area contributed by atoms with E-state index in [2.05, 4.69) is 0 Å². The van der Waals surface area contributed by atoms with Gasteiger partial charge in [-0.2, -0.15) is 0 Å². The van der Waals surface area contributed by atoms with E-state index < -0.39 is 0 Å². The Kier molecular flexibility index (Phi) is 1.95. The number of hydrogen-bond acceptors (Lipinski definition) is 3. The smallest absolute Gasteiger partial charge is 0.167 e. The fraction of sp³-hybridized carbons (Fsp3) is 0.0714. The monoisotopic (exact) mass is 224 g/mol. The van der Waals surface area contributed by atoms with Crippen molar-refractivity contribution in [3.8, 4) is 0 Å². The fourth-order valence-corrected chi connectivity index (χ4v) is 2.24. The molecule has 3 heteroatoms. The number of nitrogen functional groups attached to an aromatic ring is 1. The van der Waals surface area contributed by atoms with Gasteiger partial charge in [-0.15, -0.1) is 0 Å². The number of carbonyl (C=O) groups is 1. The number of benzene rings is 2. The molecule has 0 aromatic heterocycles. The lowest BCUT2D eigenvalue weighted by atomic mass is 9.90. The molecule has 0 amide bonds. The van der Waals surface area contributed by atoms with Gasteiger partial charge in [-0.25, -0.2) is 0 Å². The number of Topliss-reactive ketones (excluding diaryl/α,β-unsaturated/α-hetero) is 1. The molecule has 2 aromatic rings. The second-order valence-corrected chi connectivity index (χ2v) is 4.25. The zero-order chi connectivity index (χ0) is 12.0. The molecule has 0 unspecified atom stereocenters. The maximum atomic E-state index is 11.8. The van der Waals surface area contributed by atoms with Crippen LogP contribution in [0.15, 0.2) is 36.4 Å². The summed E-state index contributed by atoms with van der Waals surface area (Å²) in [7, 11) is 0. The maximum Gasteiger partial charge on any atom is 0.167 e. The van der Waals surface area contributed by atoms with E-state index in [1.54, 1.807) is 6.08 Å². The SMILES string of the molecule is NC1=CCC(=O)c2cc3cccc(N)c3cc21. The molecule has 1 aliphatic carbocycles. The quantitative estimate of drug-likeness (QED) is 0.674. The minimum absolute atomic E-state index is 0.110. The maximum absolute atomic E-state index is 11.8. The van der Waals surface area contributed by atoms with Crippen LogP contribution in [0, 0.1) is 0 Å². The molecule has 0 fully saturated rings. The molecule has 0 atom stereocenters. The topological polar surface area (TPSA) is 69.1 Å². The molecule has 17 heavy (non-hydrogen) atoms. The molecule has 0 aliphatic heterocycles. The fourth-order valence-electron chi connectivity index (χ4n) is 2.24. The first-order chi connectivity index (χ1) is 8.16. The van der Waals surface area contributed by atoms with Crippen LogP contribution in [0.2, 0.25) is 0 Å². The Morgan fingerprint density at radius 2 is 1.88 bits per heavy atom. The van der Waals surface area contributed by atoms with E-state index in [-0.39, 0.29) is 5.78 Å². The molecule has 0 bridgehead atoms. The van der Waals surface area contributed by atoms with Crippen molar-refractivity contribution in [2.24, 2.45) is 5.73 Å². The van der Waals surface area contributed by atoms with Gasteiger partial charge in [-0.3, -0.25) is 4.79 Å². The molecule has 0 saturated carbocycles. The van der Waals surface area contributed by atoms with Gasteiger partial charge in [0.1, 0.15) is 0 Å². The number of allylic oxidation sites excluding steroid dienone is 1. The van der Waals surface area contributed by atoms with Crippen LogP contribution in [0.25, 0.3) is 16.5 Å². The van der Waals surface area contributed by atoms with E-state index in [0.717, 1.165) is 16.3 Å². The Morgan fingerprint density at radius 1 is 1.06 bits per heavy atom. The normalized spacial score (nSPS) is 14.6. The van der Waals surface area contributed by atoms with Gasteiger partial charge >= 0.3 is 0 Å². The number of carbonyl (C=O) groups excluding carboxylic acids is 1. The van der Waals surface area contributed by atoms with Gasteiger partial charge in [-0.05, 0) is 23.6 Å². The van der Waals surface area contributed by atoms with Crippen molar-refractivity contribution < 1.29 is 4.79 Å². The van der Waals surface area contributed by atoms with Gasteiger partial charge in [0.25, 0.3) is 0 Å². The summed E-state index contributed by atoms with van der Waals surface area (Å²) >= 11 is 0. The highest BCUT2D eigenvalue weighted by Crippen LogP contribution is 2.30. The standard InChI is InChI=1S/C14H12N2O/c15-12-3-1-2-8-6-11-10(7-9(8)12)13(16)4-5-14(11)17/h1-4,6-7H,5,15-16H2. The van der Waals surface area contributed by atoms with Crippen LogP contribution >= 0.6 is 0 Å². The number of ketones is 1. The Hall–Kier alpha value is -2.29. The van der Waals surface area contributed by atoms with Gasteiger partial charge < -0.3 is 11.5 Å². The summed E-state index contributed by atoms with van der Waals surface area (Å²) in [6.45, 7) is 0. The van der Waals surface area contributed by atoms with Crippen molar-refractivity contribution >= 4 is 27.9 Å². The molecule has 0 spiro atoms. The summed E-state index contributed by atoms with van der Waals surface area (Å²) in [5.41, 5.74) is 14.7. The minimum Gasteiger partial charge on any atom is -0.398 e. The molecule has 4 N–H and O–H groups in total. The van der Waals surface area contributed by atoms with Crippen LogP contribution in [-0.4, -0.2) is 5.78 Å². The van der Waals surface area contributed by atoms with Crippen LogP contribution in [0.1, 0.15) is 22.3 Å². The van der Waals surface area contributed by atoms with Crippen molar-refractivity contribution in [3.05, 3.63) is 47.5 Å². The van der Waals surface area contributed by atoms with E-state index >= 15 is 0 Å². The lowest BCUT2D eigenvalue weighted by Gasteiger charge is -2.15. The first kappa shape index (κ1) is 9.90. The molecule has 0 heterocycles. The highest BCUT2D eigenvalue weighted by atomic mass is 16.1. The highest BCUT2D eigenvalue weighted by molar-refractivity contribution is 6.09. The Morgan fingerprint density at radius 3 is 2.71 bits per heavy atom. The Balaban J connectivity index is 2.41. The summed E-state index contributed by atoms with van der Waals surface area (Å²) in [5, 5.41) is 1.92. The molecule has 3 rings (SSSR count). The van der Waals surface area contributed by atoms with Crippen LogP contribution in [0.3, 0.4) is 0 Å². The molecular weight excluding hydrogens is 212 g/mol. The molecule has 1 aliphatic rings. The summed E-state index contributed by atoms with van der Waals surface area (Å²) in [6.07, 6.45) is 2.14. The predicted molar refractivity (Wildman–Crippen MR) is 69.5 cm³/mol. The van der Waals surface area contributed by atoms with Crippen LogP contribution in [0.4, 0.5) is 5.69 Å². The van der Waals surface area contributed by atoms with E-state index in [1.165, 1.54) is 0 Å². The molecule has 3 nitrogen and oxygen atoms in total. The number of anilines is 1.